The number of hydrogen-bond acceptors (Lipinski definition) is 4. The average Bonchev–Trinajstić information content (AvgIpc) is 3.05. The minimum Gasteiger partial charge on any atom is -0.464 e. The van der Waals surface area contributed by atoms with Crippen molar-refractivity contribution in [2.75, 3.05) is 0 Å². The third kappa shape index (κ3) is 1.52. The lowest BCUT2D eigenvalue weighted by atomic mass is 10.3. The Morgan fingerprint density at radius 1 is 1.16 bits per heavy atom. The van der Waals surface area contributed by atoms with Gasteiger partial charge in [0.2, 0.25) is 0 Å². The average molecular weight is 268 g/mol. The molecule has 0 radical (unpaired) electrons. The zero-order chi connectivity index (χ0) is 12.8. The predicted molar refractivity (Wildman–Crippen MR) is 74.5 cm³/mol. The molecule has 0 N–H and O–H groups in total. The van der Waals surface area contributed by atoms with Crippen molar-refractivity contribution in [3.8, 4) is 10.6 Å². The van der Waals surface area contributed by atoms with E-state index < -0.39 is 0 Å². The number of nitrogens with zero attached hydrogens (tertiary/aromatic N) is 2. The van der Waals surface area contributed by atoms with Crippen LogP contribution >= 0.6 is 11.3 Å². The van der Waals surface area contributed by atoms with Crippen LogP contribution in [0.5, 0.6) is 0 Å². The molecular weight excluding hydrogens is 260 g/mol. The summed E-state index contributed by atoms with van der Waals surface area (Å²) in [6.45, 7) is 0. The van der Waals surface area contributed by atoms with Crippen LogP contribution in [0.25, 0.3) is 26.6 Å². The van der Waals surface area contributed by atoms with Crippen molar-refractivity contribution in [3.05, 3.63) is 59.1 Å². The summed E-state index contributed by atoms with van der Waals surface area (Å²) in [5, 5.41) is 0. The molecule has 4 aromatic rings. The van der Waals surface area contributed by atoms with E-state index in [1.54, 1.807) is 22.8 Å². The number of fused-ring (bicyclic) bond motifs is 3. The second-order valence-electron chi connectivity index (χ2n) is 4.14. The second-order valence-corrected chi connectivity index (χ2v) is 5.15. The maximum atomic E-state index is 12.3. The summed E-state index contributed by atoms with van der Waals surface area (Å²) >= 11 is 1.44. The standard InChI is InChI=1S/C14H8N2O2S/c17-13-8-12(11-6-3-7-18-11)19-14-15-9-4-1-2-5-10(9)16(13)14/h1-8H. The van der Waals surface area contributed by atoms with Crippen molar-refractivity contribution < 1.29 is 4.42 Å². The van der Waals surface area contributed by atoms with Crippen LogP contribution in [0.15, 0.2) is 57.9 Å². The normalized spacial score (nSPS) is 11.4. The predicted octanol–water partition coefficient (Wildman–Crippen LogP) is 3.17. The van der Waals surface area contributed by atoms with Gasteiger partial charge in [-0.05, 0) is 24.3 Å². The topological polar surface area (TPSA) is 47.5 Å². The van der Waals surface area contributed by atoms with Crippen molar-refractivity contribution >= 4 is 27.3 Å². The summed E-state index contributed by atoms with van der Waals surface area (Å²) in [6, 6.07) is 12.9. The molecule has 0 unspecified atom stereocenters. The first-order chi connectivity index (χ1) is 9.33. The fourth-order valence-electron chi connectivity index (χ4n) is 2.13. The number of aromatic nitrogens is 2. The number of hydrogen-bond donors (Lipinski definition) is 0. The Bertz CT molecular complexity index is 935. The van der Waals surface area contributed by atoms with Crippen LogP contribution in [0.2, 0.25) is 0 Å². The molecule has 0 aliphatic carbocycles. The number of rotatable bonds is 1. The molecule has 19 heavy (non-hydrogen) atoms. The minimum absolute atomic E-state index is 0.0890. The third-order valence-corrected chi connectivity index (χ3v) is 3.97. The highest BCUT2D eigenvalue weighted by atomic mass is 32.1. The Balaban J connectivity index is 2.13. The van der Waals surface area contributed by atoms with Gasteiger partial charge in [-0.2, -0.15) is 0 Å². The van der Waals surface area contributed by atoms with E-state index in [0.717, 1.165) is 15.9 Å². The highest BCUT2D eigenvalue weighted by Crippen LogP contribution is 2.27. The minimum atomic E-state index is -0.0890. The molecule has 92 valence electrons. The summed E-state index contributed by atoms with van der Waals surface area (Å²) in [5.74, 6) is 0.691. The molecule has 0 saturated carbocycles. The van der Waals surface area contributed by atoms with Gasteiger partial charge in [0.25, 0.3) is 5.56 Å². The molecule has 0 aliphatic heterocycles. The molecule has 0 atom stereocenters. The van der Waals surface area contributed by atoms with E-state index in [1.807, 2.05) is 30.3 Å². The van der Waals surface area contributed by atoms with Gasteiger partial charge in [0, 0.05) is 6.07 Å². The van der Waals surface area contributed by atoms with E-state index in [4.69, 9.17) is 4.42 Å². The summed E-state index contributed by atoms with van der Waals surface area (Å²) in [4.78, 5) is 18.2. The lowest BCUT2D eigenvalue weighted by Gasteiger charge is -1.97. The van der Waals surface area contributed by atoms with Gasteiger partial charge in [-0.1, -0.05) is 23.5 Å². The Kier molecular flexibility index (Phi) is 2.10. The molecule has 5 heteroatoms. The quantitative estimate of drug-likeness (QED) is 0.532. The molecule has 0 spiro atoms. The summed E-state index contributed by atoms with van der Waals surface area (Å²) in [7, 11) is 0. The van der Waals surface area contributed by atoms with Gasteiger partial charge in [-0.15, -0.1) is 0 Å². The summed E-state index contributed by atoms with van der Waals surface area (Å²) in [5.41, 5.74) is 1.58. The van der Waals surface area contributed by atoms with Crippen molar-refractivity contribution in [2.24, 2.45) is 0 Å². The molecule has 4 rings (SSSR count). The van der Waals surface area contributed by atoms with E-state index in [-0.39, 0.29) is 5.56 Å². The highest BCUT2D eigenvalue weighted by Gasteiger charge is 2.11. The zero-order valence-corrected chi connectivity index (χ0v) is 10.6. The summed E-state index contributed by atoms with van der Waals surface area (Å²) in [6.07, 6.45) is 1.60. The maximum absolute atomic E-state index is 12.3. The molecule has 0 bridgehead atoms. The van der Waals surface area contributed by atoms with Crippen LogP contribution in [0.4, 0.5) is 0 Å². The fourth-order valence-corrected chi connectivity index (χ4v) is 3.13. The van der Waals surface area contributed by atoms with Gasteiger partial charge in [0.1, 0.15) is 5.76 Å². The van der Waals surface area contributed by atoms with Crippen molar-refractivity contribution in [1.29, 1.82) is 0 Å². The Hall–Kier alpha value is -2.40. The lowest BCUT2D eigenvalue weighted by molar-refractivity contribution is 0.583. The van der Waals surface area contributed by atoms with Gasteiger partial charge in [0.05, 0.1) is 22.2 Å². The molecule has 4 nitrogen and oxygen atoms in total. The molecule has 0 amide bonds. The lowest BCUT2D eigenvalue weighted by Crippen LogP contribution is -2.09. The second kappa shape index (κ2) is 3.80. The molecule has 0 fully saturated rings. The van der Waals surface area contributed by atoms with E-state index >= 15 is 0 Å². The molecule has 0 saturated heterocycles. The van der Waals surface area contributed by atoms with Gasteiger partial charge >= 0.3 is 0 Å². The first-order valence-corrected chi connectivity index (χ1v) is 6.60. The van der Waals surface area contributed by atoms with Crippen LogP contribution in [0, 0.1) is 0 Å². The first kappa shape index (κ1) is 10.5. The maximum Gasteiger partial charge on any atom is 0.258 e. The van der Waals surface area contributed by atoms with Crippen LogP contribution in [-0.4, -0.2) is 9.38 Å². The van der Waals surface area contributed by atoms with E-state index in [1.165, 1.54) is 11.3 Å². The molecular formula is C14H8N2O2S. The van der Waals surface area contributed by atoms with Crippen molar-refractivity contribution in [1.82, 2.24) is 9.38 Å². The largest absolute Gasteiger partial charge is 0.464 e. The van der Waals surface area contributed by atoms with Gasteiger partial charge in [-0.25, -0.2) is 4.98 Å². The third-order valence-electron chi connectivity index (χ3n) is 2.97. The van der Waals surface area contributed by atoms with Crippen molar-refractivity contribution in [3.63, 3.8) is 0 Å². The van der Waals surface area contributed by atoms with Crippen LogP contribution in [0.3, 0.4) is 0 Å². The van der Waals surface area contributed by atoms with Crippen LogP contribution in [-0.2, 0) is 0 Å². The van der Waals surface area contributed by atoms with Gasteiger partial charge < -0.3 is 4.42 Å². The number of imidazole rings is 1. The molecule has 0 aliphatic rings. The number of para-hydroxylation sites is 2. The van der Waals surface area contributed by atoms with E-state index in [0.29, 0.717) is 10.7 Å². The SMILES string of the molecule is O=c1cc(-c2ccco2)sc2nc3ccccc3n12. The van der Waals surface area contributed by atoms with E-state index in [9.17, 15) is 4.79 Å². The Labute approximate surface area is 111 Å². The highest BCUT2D eigenvalue weighted by molar-refractivity contribution is 7.19. The molecule has 3 aromatic heterocycles. The van der Waals surface area contributed by atoms with Gasteiger partial charge in [0.15, 0.2) is 4.96 Å². The molecule has 1 aromatic carbocycles. The Morgan fingerprint density at radius 3 is 2.89 bits per heavy atom. The smallest absolute Gasteiger partial charge is 0.258 e. The number of benzene rings is 1. The van der Waals surface area contributed by atoms with Crippen molar-refractivity contribution in [2.45, 2.75) is 0 Å². The Morgan fingerprint density at radius 2 is 2.05 bits per heavy atom. The summed E-state index contributed by atoms with van der Waals surface area (Å²) < 4.78 is 6.96. The van der Waals surface area contributed by atoms with Crippen LogP contribution < -0.4 is 5.56 Å². The van der Waals surface area contributed by atoms with Gasteiger partial charge in [-0.3, -0.25) is 9.20 Å². The first-order valence-electron chi connectivity index (χ1n) is 5.78. The zero-order valence-electron chi connectivity index (χ0n) is 9.74. The van der Waals surface area contributed by atoms with Crippen LogP contribution in [0.1, 0.15) is 0 Å². The fraction of sp³-hybridized carbons (Fsp3) is 0. The molecule has 3 heterocycles. The van der Waals surface area contributed by atoms with E-state index in [2.05, 4.69) is 4.98 Å². The number of furan rings is 1. The monoisotopic (exact) mass is 268 g/mol.